The Balaban J connectivity index is 2.39. The molecule has 1 aromatic heterocycles. The maximum atomic E-state index is 12.7. The zero-order valence-electron chi connectivity index (χ0n) is 10.9. The summed E-state index contributed by atoms with van der Waals surface area (Å²) in [6.45, 7) is 1.80. The molecule has 0 atom stereocenters. The van der Waals surface area contributed by atoms with E-state index in [0.717, 1.165) is 17.7 Å². The van der Waals surface area contributed by atoms with Crippen LogP contribution in [0.2, 0.25) is 0 Å². The summed E-state index contributed by atoms with van der Waals surface area (Å²) in [7, 11) is 0. The van der Waals surface area contributed by atoms with Crippen LogP contribution in [0.1, 0.15) is 16.8 Å². The molecule has 106 valence electrons. The molecule has 2 aromatic rings. The number of hydrogen-bond acceptors (Lipinski definition) is 2. The van der Waals surface area contributed by atoms with Gasteiger partial charge in [0.15, 0.2) is 0 Å². The molecule has 5 heteroatoms. The molecule has 2 nitrogen and oxygen atoms in total. The van der Waals surface area contributed by atoms with Crippen molar-refractivity contribution in [2.45, 2.75) is 19.5 Å². The van der Waals surface area contributed by atoms with Gasteiger partial charge in [-0.25, -0.2) is 0 Å². The molecular formula is C15H14F3NO. The molecule has 0 aliphatic carbocycles. The molecule has 2 rings (SSSR count). The molecule has 0 saturated carbocycles. The van der Waals surface area contributed by atoms with E-state index in [4.69, 9.17) is 5.11 Å². The number of benzene rings is 1. The summed E-state index contributed by atoms with van der Waals surface area (Å²) < 4.78 is 38.0. The zero-order chi connectivity index (χ0) is 14.8. The first-order chi connectivity index (χ1) is 9.41. The van der Waals surface area contributed by atoms with Crippen LogP contribution in [0.15, 0.2) is 36.4 Å². The summed E-state index contributed by atoms with van der Waals surface area (Å²) in [5.74, 6) is 0. The lowest BCUT2D eigenvalue weighted by Crippen LogP contribution is -2.05. The van der Waals surface area contributed by atoms with Crippen molar-refractivity contribution in [2.24, 2.45) is 0 Å². The second-order valence-electron chi connectivity index (χ2n) is 4.49. The molecule has 0 unspecified atom stereocenters. The minimum absolute atomic E-state index is 0.0193. The number of hydrogen-bond donors (Lipinski definition) is 1. The Morgan fingerprint density at radius 1 is 1.15 bits per heavy atom. The van der Waals surface area contributed by atoms with Gasteiger partial charge in [-0.3, -0.25) is 4.98 Å². The largest absolute Gasteiger partial charge is 0.416 e. The van der Waals surface area contributed by atoms with Gasteiger partial charge in [0, 0.05) is 17.9 Å². The second kappa shape index (κ2) is 5.63. The van der Waals surface area contributed by atoms with Gasteiger partial charge in [-0.1, -0.05) is 18.2 Å². The highest BCUT2D eigenvalue weighted by atomic mass is 19.4. The normalized spacial score (nSPS) is 11.7. The molecule has 0 aliphatic heterocycles. The molecule has 20 heavy (non-hydrogen) atoms. The van der Waals surface area contributed by atoms with E-state index in [0.29, 0.717) is 23.4 Å². The smallest absolute Gasteiger partial charge is 0.396 e. The van der Waals surface area contributed by atoms with Gasteiger partial charge in [0.1, 0.15) is 0 Å². The molecule has 0 radical (unpaired) electrons. The van der Waals surface area contributed by atoms with E-state index in [1.54, 1.807) is 25.1 Å². The van der Waals surface area contributed by atoms with Crippen LogP contribution >= 0.6 is 0 Å². The van der Waals surface area contributed by atoms with Crippen molar-refractivity contribution in [3.8, 4) is 11.3 Å². The summed E-state index contributed by atoms with van der Waals surface area (Å²) in [6, 6.07) is 8.56. The monoisotopic (exact) mass is 281 g/mol. The first-order valence-electron chi connectivity index (χ1n) is 6.17. The lowest BCUT2D eigenvalue weighted by molar-refractivity contribution is -0.137. The molecule has 0 aliphatic rings. The fourth-order valence-electron chi connectivity index (χ4n) is 1.99. The highest BCUT2D eigenvalue weighted by Gasteiger charge is 2.30. The predicted molar refractivity (Wildman–Crippen MR) is 70.2 cm³/mol. The average molecular weight is 281 g/mol. The average Bonchev–Trinajstić information content (AvgIpc) is 2.40. The van der Waals surface area contributed by atoms with Crippen LogP contribution in [0.4, 0.5) is 13.2 Å². The minimum Gasteiger partial charge on any atom is -0.396 e. The Morgan fingerprint density at radius 2 is 1.90 bits per heavy atom. The molecular weight excluding hydrogens is 267 g/mol. The van der Waals surface area contributed by atoms with Gasteiger partial charge in [0.2, 0.25) is 0 Å². The van der Waals surface area contributed by atoms with Crippen LogP contribution < -0.4 is 0 Å². The molecule has 0 fully saturated rings. The molecule has 0 spiro atoms. The van der Waals surface area contributed by atoms with Crippen molar-refractivity contribution in [1.82, 2.24) is 4.98 Å². The number of aliphatic hydroxyl groups excluding tert-OH is 1. The van der Waals surface area contributed by atoms with Crippen LogP contribution in [0.25, 0.3) is 11.3 Å². The molecule has 1 aromatic carbocycles. The summed E-state index contributed by atoms with van der Waals surface area (Å²) in [4.78, 5) is 4.31. The first-order valence-corrected chi connectivity index (χ1v) is 6.17. The van der Waals surface area contributed by atoms with Crippen LogP contribution in [-0.4, -0.2) is 16.7 Å². The molecule has 0 amide bonds. The Hall–Kier alpha value is -1.88. The quantitative estimate of drug-likeness (QED) is 0.932. The molecule has 0 bridgehead atoms. The van der Waals surface area contributed by atoms with E-state index in [2.05, 4.69) is 4.98 Å². The zero-order valence-corrected chi connectivity index (χ0v) is 10.9. The van der Waals surface area contributed by atoms with Crippen molar-refractivity contribution in [2.75, 3.05) is 6.61 Å². The third-order valence-corrected chi connectivity index (χ3v) is 3.06. The van der Waals surface area contributed by atoms with Gasteiger partial charge in [-0.2, -0.15) is 13.2 Å². The van der Waals surface area contributed by atoms with Gasteiger partial charge >= 0.3 is 6.18 Å². The third-order valence-electron chi connectivity index (χ3n) is 3.06. The van der Waals surface area contributed by atoms with Crippen LogP contribution in [-0.2, 0) is 12.6 Å². The number of nitrogens with zero attached hydrogens (tertiary/aromatic N) is 1. The number of aryl methyl sites for hydroxylation is 1. The number of pyridine rings is 1. The fourth-order valence-corrected chi connectivity index (χ4v) is 1.99. The van der Waals surface area contributed by atoms with E-state index in [-0.39, 0.29) is 6.61 Å². The van der Waals surface area contributed by atoms with E-state index in [1.165, 1.54) is 6.07 Å². The summed E-state index contributed by atoms with van der Waals surface area (Å²) in [5.41, 5.74) is 1.85. The number of aromatic nitrogens is 1. The van der Waals surface area contributed by atoms with Gasteiger partial charge in [0.05, 0.1) is 11.3 Å². The minimum atomic E-state index is -4.36. The maximum Gasteiger partial charge on any atom is 0.416 e. The highest BCUT2D eigenvalue weighted by molar-refractivity contribution is 5.60. The third kappa shape index (κ3) is 3.17. The van der Waals surface area contributed by atoms with E-state index in [9.17, 15) is 13.2 Å². The van der Waals surface area contributed by atoms with E-state index < -0.39 is 11.7 Å². The Morgan fingerprint density at radius 3 is 2.50 bits per heavy atom. The van der Waals surface area contributed by atoms with Crippen molar-refractivity contribution in [3.05, 3.63) is 53.2 Å². The Labute approximate surface area is 114 Å². The predicted octanol–water partition coefficient (Wildman–Crippen LogP) is 3.61. The van der Waals surface area contributed by atoms with Gasteiger partial charge in [-0.05, 0) is 37.1 Å². The fraction of sp³-hybridized carbons (Fsp3) is 0.267. The number of halogens is 3. The summed E-state index contributed by atoms with van der Waals surface area (Å²) in [6.07, 6.45) is -3.87. The van der Waals surface area contributed by atoms with Crippen molar-refractivity contribution in [3.63, 3.8) is 0 Å². The van der Waals surface area contributed by atoms with Crippen molar-refractivity contribution >= 4 is 0 Å². The summed E-state index contributed by atoms with van der Waals surface area (Å²) in [5, 5.41) is 8.90. The van der Waals surface area contributed by atoms with Crippen molar-refractivity contribution in [1.29, 1.82) is 0 Å². The van der Waals surface area contributed by atoms with Crippen LogP contribution in [0.3, 0.4) is 0 Å². The van der Waals surface area contributed by atoms with Crippen LogP contribution in [0.5, 0.6) is 0 Å². The number of rotatable bonds is 3. The summed E-state index contributed by atoms with van der Waals surface area (Å²) >= 11 is 0. The van der Waals surface area contributed by atoms with E-state index in [1.807, 2.05) is 0 Å². The molecule has 1 heterocycles. The second-order valence-corrected chi connectivity index (χ2v) is 4.49. The first kappa shape index (κ1) is 14.5. The van der Waals surface area contributed by atoms with Gasteiger partial charge < -0.3 is 5.11 Å². The Kier molecular flexibility index (Phi) is 4.09. The van der Waals surface area contributed by atoms with Crippen molar-refractivity contribution < 1.29 is 18.3 Å². The topological polar surface area (TPSA) is 33.1 Å². The molecule has 1 N–H and O–H groups in total. The molecule has 0 saturated heterocycles. The van der Waals surface area contributed by atoms with Crippen LogP contribution in [0, 0.1) is 6.92 Å². The van der Waals surface area contributed by atoms with Gasteiger partial charge in [0.25, 0.3) is 0 Å². The van der Waals surface area contributed by atoms with E-state index >= 15 is 0 Å². The maximum absolute atomic E-state index is 12.7. The lowest BCUT2D eigenvalue weighted by Gasteiger charge is -2.10. The SMILES string of the molecule is Cc1nc(-c2cccc(C(F)(F)F)c2)ccc1CCO. The number of alkyl halides is 3. The lowest BCUT2D eigenvalue weighted by atomic mass is 10.0. The Bertz CT molecular complexity index is 608. The van der Waals surface area contributed by atoms with Gasteiger partial charge in [-0.15, -0.1) is 0 Å². The standard InChI is InChI=1S/C15H14F3NO/c1-10-11(7-8-20)5-6-14(19-10)12-3-2-4-13(9-12)15(16,17)18/h2-6,9,20H,7-8H2,1H3. The number of aliphatic hydroxyl groups is 1. The highest BCUT2D eigenvalue weighted by Crippen LogP contribution is 2.31.